The Morgan fingerprint density at radius 1 is 1.03 bits per heavy atom. The number of nitrogens with one attached hydrogen (secondary N) is 3. The maximum Gasteiger partial charge on any atom is 0.270 e. The Bertz CT molecular complexity index is 1210. The first-order valence-electron chi connectivity index (χ1n) is 10.0. The van der Waals surface area contributed by atoms with Crippen LogP contribution < -0.4 is 10.6 Å². The maximum absolute atomic E-state index is 12.7. The summed E-state index contributed by atoms with van der Waals surface area (Å²) in [4.78, 5) is 24.7. The van der Waals surface area contributed by atoms with Gasteiger partial charge in [0.1, 0.15) is 17.3 Å². The summed E-state index contributed by atoms with van der Waals surface area (Å²) in [6, 6.07) is 15.9. The van der Waals surface area contributed by atoms with Crippen LogP contribution in [0.15, 0.2) is 54.7 Å². The number of para-hydroxylation sites is 1. The predicted octanol–water partition coefficient (Wildman–Crippen LogP) is 4.60. The van der Waals surface area contributed by atoms with Crippen LogP contribution in [0.1, 0.15) is 33.0 Å². The molecule has 0 aliphatic carbocycles. The summed E-state index contributed by atoms with van der Waals surface area (Å²) in [5, 5.41) is 7.47. The number of aromatic nitrogens is 3. The molecule has 0 saturated heterocycles. The molecule has 2 aromatic carbocycles. The zero-order valence-corrected chi connectivity index (χ0v) is 17.4. The second kappa shape index (κ2) is 8.37. The fourth-order valence-corrected chi connectivity index (χ4v) is 3.51. The molecule has 0 spiro atoms. The van der Waals surface area contributed by atoms with E-state index in [9.17, 15) is 4.79 Å². The van der Waals surface area contributed by atoms with Crippen molar-refractivity contribution in [3.8, 4) is 0 Å². The number of benzene rings is 2. The topological polar surface area (TPSA) is 82.7 Å². The van der Waals surface area contributed by atoms with Gasteiger partial charge in [0.05, 0.1) is 0 Å². The van der Waals surface area contributed by atoms with Crippen LogP contribution in [0.5, 0.6) is 0 Å². The molecule has 0 saturated carbocycles. The highest BCUT2D eigenvalue weighted by atomic mass is 16.1. The molecule has 0 aliphatic rings. The molecule has 2 aromatic heterocycles. The standard InChI is InChI=1S/C24H25N5O/c1-15-7-6-10-20(16(15)2)29-23-13-22(27-17(3)28-23)24(30)25-12-11-18-14-26-21-9-5-4-8-19(18)21/h4-10,13-14,26H,11-12H2,1-3H3,(H,25,30)(H,27,28,29). The fourth-order valence-electron chi connectivity index (χ4n) is 3.51. The average molecular weight is 399 g/mol. The van der Waals surface area contributed by atoms with Gasteiger partial charge in [-0.3, -0.25) is 4.79 Å². The van der Waals surface area contributed by atoms with Crippen molar-refractivity contribution >= 4 is 28.3 Å². The van der Waals surface area contributed by atoms with Crippen molar-refractivity contribution in [2.24, 2.45) is 0 Å². The highest BCUT2D eigenvalue weighted by Gasteiger charge is 2.12. The third kappa shape index (κ3) is 4.17. The number of carbonyl (C=O) groups excluding carboxylic acids is 1. The Morgan fingerprint density at radius 2 is 1.87 bits per heavy atom. The first-order chi connectivity index (χ1) is 14.5. The molecule has 0 atom stereocenters. The third-order valence-corrected chi connectivity index (χ3v) is 5.29. The number of aryl methyl sites for hydroxylation is 2. The van der Waals surface area contributed by atoms with E-state index in [1.165, 1.54) is 16.5 Å². The number of anilines is 2. The van der Waals surface area contributed by atoms with Gasteiger partial charge in [-0.1, -0.05) is 30.3 Å². The summed E-state index contributed by atoms with van der Waals surface area (Å²) in [5.74, 6) is 0.953. The second-order valence-corrected chi connectivity index (χ2v) is 7.42. The van der Waals surface area contributed by atoms with E-state index in [4.69, 9.17) is 0 Å². The summed E-state index contributed by atoms with van der Waals surface area (Å²) in [5.41, 5.74) is 5.96. The van der Waals surface area contributed by atoms with E-state index in [-0.39, 0.29) is 5.91 Å². The Labute approximate surface area is 175 Å². The highest BCUT2D eigenvalue weighted by Crippen LogP contribution is 2.22. The highest BCUT2D eigenvalue weighted by molar-refractivity contribution is 5.93. The number of hydrogen-bond acceptors (Lipinski definition) is 4. The molecule has 0 unspecified atom stereocenters. The monoisotopic (exact) mass is 399 g/mol. The lowest BCUT2D eigenvalue weighted by Gasteiger charge is -2.12. The Morgan fingerprint density at radius 3 is 2.73 bits per heavy atom. The van der Waals surface area contributed by atoms with Crippen LogP contribution in [-0.4, -0.2) is 27.4 Å². The number of nitrogens with zero attached hydrogens (tertiary/aromatic N) is 2. The number of hydrogen-bond donors (Lipinski definition) is 3. The molecule has 0 fully saturated rings. The summed E-state index contributed by atoms with van der Waals surface area (Å²) in [7, 11) is 0. The number of carbonyl (C=O) groups is 1. The molecular formula is C24H25N5O. The van der Waals surface area contributed by atoms with E-state index >= 15 is 0 Å². The molecule has 152 valence electrons. The molecule has 3 N–H and O–H groups in total. The minimum Gasteiger partial charge on any atom is -0.361 e. The Hall–Kier alpha value is -3.67. The second-order valence-electron chi connectivity index (χ2n) is 7.42. The van der Waals surface area contributed by atoms with Crippen molar-refractivity contribution in [3.63, 3.8) is 0 Å². The average Bonchev–Trinajstić information content (AvgIpc) is 3.14. The van der Waals surface area contributed by atoms with Gasteiger partial charge in [0.15, 0.2) is 0 Å². The lowest BCUT2D eigenvalue weighted by Crippen LogP contribution is -2.27. The Balaban J connectivity index is 1.44. The van der Waals surface area contributed by atoms with Gasteiger partial charge in [-0.15, -0.1) is 0 Å². The van der Waals surface area contributed by atoms with Crippen LogP contribution in [0.25, 0.3) is 10.9 Å². The van der Waals surface area contributed by atoms with Crippen molar-refractivity contribution in [1.82, 2.24) is 20.3 Å². The molecular weight excluding hydrogens is 374 g/mol. The van der Waals surface area contributed by atoms with E-state index < -0.39 is 0 Å². The number of amides is 1. The number of aromatic amines is 1. The third-order valence-electron chi connectivity index (χ3n) is 5.29. The van der Waals surface area contributed by atoms with Crippen LogP contribution in [0, 0.1) is 20.8 Å². The van der Waals surface area contributed by atoms with E-state index in [0.717, 1.165) is 23.2 Å². The van der Waals surface area contributed by atoms with E-state index in [2.05, 4.69) is 51.6 Å². The van der Waals surface area contributed by atoms with Gasteiger partial charge in [-0.25, -0.2) is 9.97 Å². The van der Waals surface area contributed by atoms with Gasteiger partial charge in [-0.05, 0) is 56.0 Å². The molecule has 1 amide bonds. The first kappa shape index (κ1) is 19.6. The zero-order chi connectivity index (χ0) is 21.1. The van der Waals surface area contributed by atoms with Crippen LogP contribution in [-0.2, 0) is 6.42 Å². The minimum atomic E-state index is -0.204. The van der Waals surface area contributed by atoms with Gasteiger partial charge >= 0.3 is 0 Å². The van der Waals surface area contributed by atoms with Crippen molar-refractivity contribution in [2.45, 2.75) is 27.2 Å². The lowest BCUT2D eigenvalue weighted by atomic mass is 10.1. The summed E-state index contributed by atoms with van der Waals surface area (Å²) in [6.07, 6.45) is 2.74. The fraction of sp³-hybridized carbons (Fsp3) is 0.208. The van der Waals surface area contributed by atoms with Gasteiger partial charge in [0.2, 0.25) is 0 Å². The summed E-state index contributed by atoms with van der Waals surface area (Å²) in [6.45, 7) is 6.45. The van der Waals surface area contributed by atoms with Crippen molar-refractivity contribution in [3.05, 3.63) is 82.9 Å². The molecule has 30 heavy (non-hydrogen) atoms. The van der Waals surface area contributed by atoms with Gasteiger partial charge in [0, 0.05) is 35.4 Å². The van der Waals surface area contributed by atoms with Gasteiger partial charge < -0.3 is 15.6 Å². The van der Waals surface area contributed by atoms with Crippen LogP contribution in [0.2, 0.25) is 0 Å². The van der Waals surface area contributed by atoms with Crippen LogP contribution >= 0.6 is 0 Å². The molecule has 4 aromatic rings. The summed E-state index contributed by atoms with van der Waals surface area (Å²) >= 11 is 0. The first-order valence-corrected chi connectivity index (χ1v) is 10.0. The van der Waals surface area contributed by atoms with Crippen LogP contribution in [0.3, 0.4) is 0 Å². The number of rotatable bonds is 6. The minimum absolute atomic E-state index is 0.204. The maximum atomic E-state index is 12.7. The van der Waals surface area contributed by atoms with Crippen molar-refractivity contribution in [1.29, 1.82) is 0 Å². The smallest absolute Gasteiger partial charge is 0.270 e. The molecule has 0 aliphatic heterocycles. The number of fused-ring (bicyclic) bond motifs is 1. The largest absolute Gasteiger partial charge is 0.361 e. The quantitative estimate of drug-likeness (QED) is 0.442. The van der Waals surface area contributed by atoms with Gasteiger partial charge in [0.25, 0.3) is 5.91 Å². The normalized spacial score (nSPS) is 10.9. The van der Waals surface area contributed by atoms with Gasteiger partial charge in [-0.2, -0.15) is 0 Å². The molecule has 4 rings (SSSR count). The molecule has 0 radical (unpaired) electrons. The zero-order valence-electron chi connectivity index (χ0n) is 17.4. The van der Waals surface area contributed by atoms with E-state index in [0.29, 0.717) is 23.9 Å². The van der Waals surface area contributed by atoms with Crippen LogP contribution in [0.4, 0.5) is 11.5 Å². The van der Waals surface area contributed by atoms with Crippen molar-refractivity contribution in [2.75, 3.05) is 11.9 Å². The molecule has 2 heterocycles. The molecule has 6 heteroatoms. The number of H-pyrrole nitrogens is 1. The Kier molecular flexibility index (Phi) is 5.48. The van der Waals surface area contributed by atoms with E-state index in [1.54, 1.807) is 13.0 Å². The predicted molar refractivity (Wildman–Crippen MR) is 120 cm³/mol. The summed E-state index contributed by atoms with van der Waals surface area (Å²) < 4.78 is 0. The lowest BCUT2D eigenvalue weighted by molar-refractivity contribution is 0.0949. The van der Waals surface area contributed by atoms with E-state index in [1.807, 2.05) is 36.5 Å². The molecule has 0 bridgehead atoms. The SMILES string of the molecule is Cc1nc(Nc2cccc(C)c2C)cc(C(=O)NCCc2c[nH]c3ccccc23)n1. The van der Waals surface area contributed by atoms with Crippen molar-refractivity contribution < 1.29 is 4.79 Å². The molecule has 6 nitrogen and oxygen atoms in total.